The monoisotopic (exact) mass is 271 g/mol. The van der Waals surface area contributed by atoms with Crippen molar-refractivity contribution in [3.05, 3.63) is 53.5 Å². The Bertz CT molecular complexity index is 577. The first-order valence-electron chi connectivity index (χ1n) is 6.44. The van der Waals surface area contributed by atoms with Gasteiger partial charge in [0.25, 0.3) is 0 Å². The van der Waals surface area contributed by atoms with Crippen LogP contribution in [0.4, 0.5) is 5.82 Å². The summed E-state index contributed by atoms with van der Waals surface area (Å²) in [4.78, 5) is 18.5. The number of hydrogen-bond donors (Lipinski definition) is 2. The van der Waals surface area contributed by atoms with E-state index in [0.29, 0.717) is 18.3 Å². The second-order valence-electron chi connectivity index (χ2n) is 4.84. The molecule has 0 aliphatic carbocycles. The van der Waals surface area contributed by atoms with Crippen molar-refractivity contribution in [3.63, 3.8) is 0 Å². The molecule has 1 heterocycles. The van der Waals surface area contributed by atoms with Gasteiger partial charge in [0.05, 0.1) is 12.4 Å². The summed E-state index contributed by atoms with van der Waals surface area (Å²) in [6, 6.07) is 8.37. The number of aromatic nitrogens is 2. The summed E-state index contributed by atoms with van der Waals surface area (Å²) in [6.45, 7) is 4.94. The predicted octanol–water partition coefficient (Wildman–Crippen LogP) is 2.91. The summed E-state index contributed by atoms with van der Waals surface area (Å²) < 4.78 is 0. The molecule has 2 N–H and O–H groups in total. The minimum Gasteiger partial charge on any atom is -0.476 e. The summed E-state index contributed by atoms with van der Waals surface area (Å²) in [5.74, 6) is 0.00250. The molecule has 104 valence electrons. The molecule has 0 fully saturated rings. The minimum atomic E-state index is -1.08. The Kier molecular flexibility index (Phi) is 4.30. The smallest absolute Gasteiger partial charge is 0.356 e. The van der Waals surface area contributed by atoms with Crippen LogP contribution in [0.5, 0.6) is 0 Å². The lowest BCUT2D eigenvalue weighted by Gasteiger charge is -2.08. The fourth-order valence-electron chi connectivity index (χ4n) is 1.74. The topological polar surface area (TPSA) is 75.1 Å². The Morgan fingerprint density at radius 3 is 2.40 bits per heavy atom. The van der Waals surface area contributed by atoms with Gasteiger partial charge in [-0.2, -0.15) is 0 Å². The van der Waals surface area contributed by atoms with E-state index in [-0.39, 0.29) is 5.69 Å². The van der Waals surface area contributed by atoms with E-state index >= 15 is 0 Å². The highest BCUT2D eigenvalue weighted by molar-refractivity contribution is 5.84. The third kappa shape index (κ3) is 3.54. The predicted molar refractivity (Wildman–Crippen MR) is 76.8 cm³/mol. The van der Waals surface area contributed by atoms with Gasteiger partial charge in [-0.25, -0.2) is 14.8 Å². The number of nitrogens with zero attached hydrogens (tertiary/aromatic N) is 2. The molecular weight excluding hydrogens is 254 g/mol. The van der Waals surface area contributed by atoms with Gasteiger partial charge in [-0.05, 0) is 17.0 Å². The van der Waals surface area contributed by atoms with E-state index < -0.39 is 5.97 Å². The van der Waals surface area contributed by atoms with Crippen molar-refractivity contribution in [3.8, 4) is 0 Å². The van der Waals surface area contributed by atoms with Crippen LogP contribution >= 0.6 is 0 Å². The molecule has 0 spiro atoms. The van der Waals surface area contributed by atoms with Crippen LogP contribution in [0.1, 0.15) is 41.4 Å². The van der Waals surface area contributed by atoms with Crippen LogP contribution in [0.2, 0.25) is 0 Å². The minimum absolute atomic E-state index is 0.0585. The van der Waals surface area contributed by atoms with Crippen molar-refractivity contribution in [1.82, 2.24) is 9.97 Å². The van der Waals surface area contributed by atoms with Crippen LogP contribution in [-0.4, -0.2) is 21.0 Å². The molecule has 0 saturated heterocycles. The molecule has 20 heavy (non-hydrogen) atoms. The lowest BCUT2D eigenvalue weighted by atomic mass is 10.0. The van der Waals surface area contributed by atoms with Crippen molar-refractivity contribution in [2.45, 2.75) is 26.3 Å². The average Bonchev–Trinajstić information content (AvgIpc) is 2.46. The van der Waals surface area contributed by atoms with Crippen LogP contribution in [0, 0.1) is 0 Å². The normalized spacial score (nSPS) is 10.6. The molecule has 0 atom stereocenters. The lowest BCUT2D eigenvalue weighted by molar-refractivity contribution is 0.0690. The van der Waals surface area contributed by atoms with E-state index in [0.717, 1.165) is 5.56 Å². The van der Waals surface area contributed by atoms with Crippen LogP contribution in [0.15, 0.2) is 36.7 Å². The number of aromatic carboxylic acids is 1. The zero-order chi connectivity index (χ0) is 14.5. The molecule has 0 amide bonds. The van der Waals surface area contributed by atoms with Crippen molar-refractivity contribution < 1.29 is 9.90 Å². The standard InChI is InChI=1S/C15H17N3O2/c1-10(2)12-5-3-11(4-6-12)7-17-14-9-16-13(8-18-14)15(19)20/h3-6,8-10H,7H2,1-2H3,(H,17,18)(H,19,20). The molecule has 5 heteroatoms. The van der Waals surface area contributed by atoms with Gasteiger partial charge in [0.15, 0.2) is 5.69 Å². The van der Waals surface area contributed by atoms with Gasteiger partial charge in [-0.3, -0.25) is 0 Å². The molecule has 0 unspecified atom stereocenters. The summed E-state index contributed by atoms with van der Waals surface area (Å²) >= 11 is 0. The number of hydrogen-bond acceptors (Lipinski definition) is 4. The molecule has 0 aliphatic rings. The SMILES string of the molecule is CC(C)c1ccc(CNc2cnc(C(=O)O)cn2)cc1. The van der Waals surface area contributed by atoms with Crippen LogP contribution in [0.25, 0.3) is 0 Å². The molecule has 1 aromatic heterocycles. The number of nitrogens with one attached hydrogen (secondary N) is 1. The Hall–Kier alpha value is -2.43. The fourth-order valence-corrected chi connectivity index (χ4v) is 1.74. The van der Waals surface area contributed by atoms with E-state index in [1.54, 1.807) is 0 Å². The van der Waals surface area contributed by atoms with Gasteiger partial charge in [-0.1, -0.05) is 38.1 Å². The fraction of sp³-hybridized carbons (Fsp3) is 0.267. The Morgan fingerprint density at radius 2 is 1.90 bits per heavy atom. The van der Waals surface area contributed by atoms with Crippen LogP contribution in [0.3, 0.4) is 0 Å². The maximum atomic E-state index is 10.7. The molecule has 1 aromatic carbocycles. The highest BCUT2D eigenvalue weighted by Crippen LogP contribution is 2.15. The molecular formula is C15H17N3O2. The van der Waals surface area contributed by atoms with Crippen molar-refractivity contribution in [2.75, 3.05) is 5.32 Å². The third-order valence-corrected chi connectivity index (χ3v) is 2.99. The molecule has 0 bridgehead atoms. The Balaban J connectivity index is 1.96. The highest BCUT2D eigenvalue weighted by Gasteiger charge is 2.04. The zero-order valence-corrected chi connectivity index (χ0v) is 11.5. The second-order valence-corrected chi connectivity index (χ2v) is 4.84. The summed E-state index contributed by atoms with van der Waals surface area (Å²) in [5.41, 5.74) is 2.38. The molecule has 0 saturated carbocycles. The van der Waals surface area contributed by atoms with E-state index in [4.69, 9.17) is 5.11 Å². The van der Waals surface area contributed by atoms with E-state index in [2.05, 4.69) is 53.4 Å². The summed E-state index contributed by atoms with van der Waals surface area (Å²) in [7, 11) is 0. The second kappa shape index (κ2) is 6.14. The highest BCUT2D eigenvalue weighted by atomic mass is 16.4. The first-order chi connectivity index (χ1) is 9.56. The van der Waals surface area contributed by atoms with Gasteiger partial charge in [0.1, 0.15) is 5.82 Å². The number of rotatable bonds is 5. The number of carbonyl (C=O) groups is 1. The van der Waals surface area contributed by atoms with Gasteiger partial charge in [0, 0.05) is 6.54 Å². The largest absolute Gasteiger partial charge is 0.476 e. The third-order valence-electron chi connectivity index (χ3n) is 2.99. The summed E-state index contributed by atoms with van der Waals surface area (Å²) in [6.07, 6.45) is 2.67. The van der Waals surface area contributed by atoms with Crippen molar-refractivity contribution in [1.29, 1.82) is 0 Å². The van der Waals surface area contributed by atoms with Crippen molar-refractivity contribution in [2.24, 2.45) is 0 Å². The lowest BCUT2D eigenvalue weighted by Crippen LogP contribution is -2.05. The van der Waals surface area contributed by atoms with Gasteiger partial charge in [0.2, 0.25) is 0 Å². The van der Waals surface area contributed by atoms with E-state index in [1.165, 1.54) is 18.0 Å². The molecule has 0 aliphatic heterocycles. The quantitative estimate of drug-likeness (QED) is 0.874. The zero-order valence-electron chi connectivity index (χ0n) is 11.5. The molecule has 2 rings (SSSR count). The van der Waals surface area contributed by atoms with Gasteiger partial charge >= 0.3 is 5.97 Å². The van der Waals surface area contributed by atoms with Crippen molar-refractivity contribution >= 4 is 11.8 Å². The molecule has 2 aromatic rings. The Labute approximate surface area is 117 Å². The summed E-state index contributed by atoms with van der Waals surface area (Å²) in [5, 5.41) is 11.8. The van der Waals surface area contributed by atoms with Crippen LogP contribution < -0.4 is 5.32 Å². The maximum absolute atomic E-state index is 10.7. The van der Waals surface area contributed by atoms with E-state index in [1.807, 2.05) is 0 Å². The first-order valence-corrected chi connectivity index (χ1v) is 6.44. The first kappa shape index (κ1) is 14.0. The van der Waals surface area contributed by atoms with Crippen LogP contribution in [-0.2, 0) is 6.54 Å². The number of carboxylic acids is 1. The van der Waals surface area contributed by atoms with Gasteiger partial charge < -0.3 is 10.4 Å². The number of anilines is 1. The average molecular weight is 271 g/mol. The number of benzene rings is 1. The van der Waals surface area contributed by atoms with Gasteiger partial charge in [-0.15, -0.1) is 0 Å². The van der Waals surface area contributed by atoms with E-state index in [9.17, 15) is 4.79 Å². The molecule has 0 radical (unpaired) electrons. The molecule has 5 nitrogen and oxygen atoms in total. The number of carboxylic acid groups (broad SMARTS) is 1. The maximum Gasteiger partial charge on any atom is 0.356 e. The Morgan fingerprint density at radius 1 is 1.20 bits per heavy atom.